The Labute approximate surface area is 123 Å². The number of piperidine rings is 2. The van der Waals surface area contributed by atoms with E-state index in [0.29, 0.717) is 43.2 Å². The number of hydrogen-bond donors (Lipinski definition) is 1. The number of likely N-dealkylation sites (tertiary alicyclic amines) is 2. The smallest absolute Gasteiger partial charge is 0.237 e. The summed E-state index contributed by atoms with van der Waals surface area (Å²) >= 11 is 0. The molecular formula is C16H31N3O. The second kappa shape index (κ2) is 6.90. The number of carbonyl (C=O) groups excluding carboxylic acids is 1. The molecule has 0 aliphatic carbocycles. The van der Waals surface area contributed by atoms with Crippen molar-refractivity contribution in [1.29, 1.82) is 0 Å². The van der Waals surface area contributed by atoms with Crippen LogP contribution in [0.2, 0.25) is 0 Å². The highest BCUT2D eigenvalue weighted by molar-refractivity contribution is 5.79. The van der Waals surface area contributed by atoms with Crippen molar-refractivity contribution in [3.63, 3.8) is 0 Å². The molecule has 2 rings (SSSR count). The second-order valence-corrected chi connectivity index (χ2v) is 6.77. The molecule has 20 heavy (non-hydrogen) atoms. The van der Waals surface area contributed by atoms with Crippen molar-refractivity contribution in [2.45, 2.75) is 83.5 Å². The quantitative estimate of drug-likeness (QED) is 0.860. The highest BCUT2D eigenvalue weighted by Gasteiger charge is 2.33. The van der Waals surface area contributed by atoms with Crippen molar-refractivity contribution in [1.82, 2.24) is 9.80 Å². The lowest BCUT2D eigenvalue weighted by molar-refractivity contribution is -0.140. The van der Waals surface area contributed by atoms with E-state index >= 15 is 0 Å². The van der Waals surface area contributed by atoms with Crippen LogP contribution in [0, 0.1) is 0 Å². The van der Waals surface area contributed by atoms with Gasteiger partial charge >= 0.3 is 0 Å². The summed E-state index contributed by atoms with van der Waals surface area (Å²) in [5.74, 6) is 0.303. The molecule has 2 heterocycles. The third-order valence-electron chi connectivity index (χ3n) is 5.27. The summed E-state index contributed by atoms with van der Waals surface area (Å²) in [6.07, 6.45) is 7.11. The Balaban J connectivity index is 2.01. The van der Waals surface area contributed by atoms with Gasteiger partial charge < -0.3 is 10.6 Å². The zero-order valence-electron chi connectivity index (χ0n) is 13.3. The summed E-state index contributed by atoms with van der Waals surface area (Å²) in [5, 5.41) is 0. The summed E-state index contributed by atoms with van der Waals surface area (Å²) in [7, 11) is 0. The van der Waals surface area contributed by atoms with E-state index in [4.69, 9.17) is 5.73 Å². The van der Waals surface area contributed by atoms with Crippen molar-refractivity contribution >= 4 is 5.91 Å². The molecule has 116 valence electrons. The van der Waals surface area contributed by atoms with E-state index in [1.807, 2.05) is 0 Å². The standard InChI is InChI=1S/C16H31N3O/c1-12-6-5-9-15(10-17)18(12)11-16(20)19-13(2)7-4-8-14(19)3/h12-15H,4-11,17H2,1-3H3. The van der Waals surface area contributed by atoms with Crippen LogP contribution >= 0.6 is 0 Å². The number of nitrogens with two attached hydrogens (primary N) is 1. The Morgan fingerprint density at radius 1 is 1.00 bits per heavy atom. The van der Waals surface area contributed by atoms with E-state index in [0.717, 1.165) is 19.3 Å². The third kappa shape index (κ3) is 3.34. The average molecular weight is 281 g/mol. The van der Waals surface area contributed by atoms with Gasteiger partial charge in [-0.05, 0) is 52.9 Å². The summed E-state index contributed by atoms with van der Waals surface area (Å²) in [5.41, 5.74) is 5.90. The summed E-state index contributed by atoms with van der Waals surface area (Å²) < 4.78 is 0. The first-order chi connectivity index (χ1) is 9.54. The normalized spacial score (nSPS) is 36.1. The number of nitrogens with zero attached hydrogens (tertiary/aromatic N) is 2. The van der Waals surface area contributed by atoms with Crippen molar-refractivity contribution < 1.29 is 4.79 Å². The van der Waals surface area contributed by atoms with E-state index in [9.17, 15) is 4.79 Å². The van der Waals surface area contributed by atoms with Crippen LogP contribution in [0.25, 0.3) is 0 Å². The first-order valence-corrected chi connectivity index (χ1v) is 8.31. The predicted molar refractivity (Wildman–Crippen MR) is 82.5 cm³/mol. The summed E-state index contributed by atoms with van der Waals surface area (Å²) in [6.45, 7) is 7.83. The van der Waals surface area contributed by atoms with Gasteiger partial charge in [0.05, 0.1) is 6.54 Å². The minimum atomic E-state index is 0.303. The van der Waals surface area contributed by atoms with Crippen LogP contribution in [-0.2, 0) is 4.79 Å². The van der Waals surface area contributed by atoms with E-state index in [1.165, 1.54) is 19.3 Å². The van der Waals surface area contributed by atoms with Gasteiger partial charge in [-0.3, -0.25) is 9.69 Å². The Bertz CT molecular complexity index is 324. The molecule has 4 heteroatoms. The van der Waals surface area contributed by atoms with Crippen molar-refractivity contribution in [3.8, 4) is 0 Å². The third-order valence-corrected chi connectivity index (χ3v) is 5.27. The second-order valence-electron chi connectivity index (χ2n) is 6.77. The SMILES string of the molecule is CC1CCCC(CN)N1CC(=O)N1C(C)CCCC1C. The van der Waals surface area contributed by atoms with E-state index in [2.05, 4.69) is 30.6 Å². The van der Waals surface area contributed by atoms with Crippen molar-refractivity contribution in [2.24, 2.45) is 5.73 Å². The highest BCUT2D eigenvalue weighted by atomic mass is 16.2. The van der Waals surface area contributed by atoms with E-state index < -0.39 is 0 Å². The maximum Gasteiger partial charge on any atom is 0.237 e. The fraction of sp³-hybridized carbons (Fsp3) is 0.938. The van der Waals surface area contributed by atoms with Gasteiger partial charge in [0.2, 0.25) is 5.91 Å². The molecule has 2 aliphatic heterocycles. The molecule has 2 aliphatic rings. The fourth-order valence-corrected chi connectivity index (χ4v) is 4.03. The Hall–Kier alpha value is -0.610. The van der Waals surface area contributed by atoms with Crippen LogP contribution in [0.4, 0.5) is 0 Å². The van der Waals surface area contributed by atoms with E-state index in [-0.39, 0.29) is 0 Å². The van der Waals surface area contributed by atoms with Gasteiger partial charge in [-0.2, -0.15) is 0 Å². The number of hydrogen-bond acceptors (Lipinski definition) is 3. The van der Waals surface area contributed by atoms with Crippen LogP contribution in [-0.4, -0.2) is 53.0 Å². The molecule has 0 bridgehead atoms. The topological polar surface area (TPSA) is 49.6 Å². The predicted octanol–water partition coefficient (Wildman–Crippen LogP) is 1.98. The molecule has 0 spiro atoms. The minimum absolute atomic E-state index is 0.303. The number of amides is 1. The summed E-state index contributed by atoms with van der Waals surface area (Å²) in [4.78, 5) is 17.2. The zero-order chi connectivity index (χ0) is 14.7. The van der Waals surface area contributed by atoms with Gasteiger partial charge in [0.1, 0.15) is 0 Å². The lowest BCUT2D eigenvalue weighted by atomic mass is 9.95. The average Bonchev–Trinajstić information content (AvgIpc) is 2.41. The Morgan fingerprint density at radius 3 is 2.15 bits per heavy atom. The molecule has 0 aromatic heterocycles. The zero-order valence-corrected chi connectivity index (χ0v) is 13.3. The minimum Gasteiger partial charge on any atom is -0.336 e. The van der Waals surface area contributed by atoms with Crippen LogP contribution in [0.1, 0.15) is 59.3 Å². The summed E-state index contributed by atoms with van der Waals surface area (Å²) in [6, 6.07) is 1.65. The van der Waals surface area contributed by atoms with Crippen molar-refractivity contribution in [3.05, 3.63) is 0 Å². The molecule has 2 N–H and O–H groups in total. The van der Waals surface area contributed by atoms with Crippen LogP contribution in [0.3, 0.4) is 0 Å². The first kappa shape index (κ1) is 15.8. The van der Waals surface area contributed by atoms with Crippen LogP contribution in [0.5, 0.6) is 0 Å². The molecule has 4 nitrogen and oxygen atoms in total. The Morgan fingerprint density at radius 2 is 1.55 bits per heavy atom. The monoisotopic (exact) mass is 281 g/mol. The van der Waals surface area contributed by atoms with Gasteiger partial charge in [0.25, 0.3) is 0 Å². The molecule has 0 radical (unpaired) electrons. The maximum absolute atomic E-state index is 12.7. The molecule has 0 aromatic carbocycles. The molecule has 2 saturated heterocycles. The highest BCUT2D eigenvalue weighted by Crippen LogP contribution is 2.25. The largest absolute Gasteiger partial charge is 0.336 e. The van der Waals surface area contributed by atoms with Gasteiger partial charge in [-0.1, -0.05) is 6.42 Å². The van der Waals surface area contributed by atoms with Crippen molar-refractivity contribution in [2.75, 3.05) is 13.1 Å². The van der Waals surface area contributed by atoms with Crippen LogP contribution < -0.4 is 5.73 Å². The number of rotatable bonds is 3. The molecular weight excluding hydrogens is 250 g/mol. The molecule has 4 unspecified atom stereocenters. The first-order valence-electron chi connectivity index (χ1n) is 8.31. The van der Waals surface area contributed by atoms with Gasteiger partial charge in [-0.25, -0.2) is 0 Å². The maximum atomic E-state index is 12.7. The molecule has 4 atom stereocenters. The lowest BCUT2D eigenvalue weighted by Crippen LogP contribution is -2.56. The molecule has 0 aromatic rings. The molecule has 1 amide bonds. The van der Waals surface area contributed by atoms with Gasteiger partial charge in [-0.15, -0.1) is 0 Å². The Kier molecular flexibility index (Phi) is 5.44. The lowest BCUT2D eigenvalue weighted by Gasteiger charge is -2.44. The fourth-order valence-electron chi connectivity index (χ4n) is 4.03. The van der Waals surface area contributed by atoms with Crippen LogP contribution in [0.15, 0.2) is 0 Å². The molecule has 0 saturated carbocycles. The number of carbonyl (C=O) groups is 1. The van der Waals surface area contributed by atoms with E-state index in [1.54, 1.807) is 0 Å². The molecule has 2 fully saturated rings. The van der Waals surface area contributed by atoms with Gasteiger partial charge in [0.15, 0.2) is 0 Å². The van der Waals surface area contributed by atoms with Gasteiger partial charge in [0, 0.05) is 30.7 Å².